The van der Waals surface area contributed by atoms with Crippen molar-refractivity contribution in [1.82, 2.24) is 20.2 Å². The van der Waals surface area contributed by atoms with Gasteiger partial charge in [-0.1, -0.05) is 54.1 Å². The van der Waals surface area contributed by atoms with Gasteiger partial charge in [-0.05, 0) is 41.8 Å². The fourth-order valence-electron chi connectivity index (χ4n) is 4.79. The maximum absolute atomic E-state index is 12.3. The second-order valence-electron chi connectivity index (χ2n) is 9.50. The number of carbonyl (C=O) groups is 2. The molecule has 3 aromatic carbocycles. The van der Waals surface area contributed by atoms with Gasteiger partial charge in [-0.15, -0.1) is 0 Å². The van der Waals surface area contributed by atoms with Crippen molar-refractivity contribution in [3.05, 3.63) is 95.4 Å². The number of carboxylic acid groups (broad SMARTS) is 1. The molecule has 2 heterocycles. The zero-order chi connectivity index (χ0) is 27.2. The maximum atomic E-state index is 12.3. The van der Waals surface area contributed by atoms with Gasteiger partial charge in [-0.2, -0.15) is 0 Å². The zero-order valence-electron chi connectivity index (χ0n) is 21.4. The molecule has 200 valence electrons. The molecule has 39 heavy (non-hydrogen) atoms. The molecule has 1 aliphatic heterocycles. The van der Waals surface area contributed by atoms with Crippen LogP contribution in [0, 0.1) is 0 Å². The molecule has 5 rings (SSSR count). The summed E-state index contributed by atoms with van der Waals surface area (Å²) in [5.41, 5.74) is 6.19. The van der Waals surface area contributed by atoms with Crippen LogP contribution in [0.1, 0.15) is 28.8 Å². The Morgan fingerprint density at radius 3 is 2.62 bits per heavy atom. The molecule has 1 aromatic heterocycles. The number of imidazole rings is 1. The highest BCUT2D eigenvalue weighted by Crippen LogP contribution is 2.36. The predicted molar refractivity (Wildman–Crippen MR) is 153 cm³/mol. The summed E-state index contributed by atoms with van der Waals surface area (Å²) in [5, 5.41) is 16.4. The molecule has 8 nitrogen and oxygen atoms in total. The van der Waals surface area contributed by atoms with E-state index in [1.807, 2.05) is 59.2 Å². The molecule has 0 radical (unpaired) electrons. The highest BCUT2D eigenvalue weighted by atomic mass is 35.5. The van der Waals surface area contributed by atoms with Gasteiger partial charge in [0.15, 0.2) is 0 Å². The van der Waals surface area contributed by atoms with Crippen molar-refractivity contribution >= 4 is 29.2 Å². The van der Waals surface area contributed by atoms with Gasteiger partial charge in [0.1, 0.15) is 0 Å². The fourth-order valence-corrected chi connectivity index (χ4v) is 5.11. The topological polar surface area (TPSA) is 99.5 Å². The number of nitrogens with one attached hydrogen (secondary N) is 2. The number of hydrogen-bond acceptors (Lipinski definition) is 5. The Morgan fingerprint density at radius 1 is 1.00 bits per heavy atom. The minimum atomic E-state index is -0.954. The van der Waals surface area contributed by atoms with Crippen molar-refractivity contribution < 1.29 is 14.7 Å². The molecule has 1 aliphatic rings. The number of benzene rings is 3. The third kappa shape index (κ3) is 6.30. The first-order valence-electron chi connectivity index (χ1n) is 12.9. The number of amides is 1. The molecular formula is C30H30ClN5O3. The summed E-state index contributed by atoms with van der Waals surface area (Å²) in [6.45, 7) is 2.98. The van der Waals surface area contributed by atoms with Crippen molar-refractivity contribution in [2.45, 2.75) is 26.1 Å². The van der Waals surface area contributed by atoms with Gasteiger partial charge in [-0.3, -0.25) is 4.79 Å². The van der Waals surface area contributed by atoms with Crippen LogP contribution in [0.2, 0.25) is 5.02 Å². The van der Waals surface area contributed by atoms with Crippen LogP contribution in [-0.2, 0) is 18.0 Å². The number of carboxylic acids is 1. The minimum Gasteiger partial charge on any atom is -0.478 e. The van der Waals surface area contributed by atoms with Crippen molar-refractivity contribution in [2.75, 3.05) is 24.5 Å². The van der Waals surface area contributed by atoms with E-state index in [2.05, 4.69) is 20.5 Å². The Labute approximate surface area is 232 Å². The molecule has 0 unspecified atom stereocenters. The van der Waals surface area contributed by atoms with Gasteiger partial charge >= 0.3 is 5.97 Å². The normalized spacial score (nSPS) is 12.1. The van der Waals surface area contributed by atoms with Gasteiger partial charge in [0.2, 0.25) is 5.91 Å². The molecular weight excluding hydrogens is 514 g/mol. The Kier molecular flexibility index (Phi) is 8.24. The predicted octanol–water partition coefficient (Wildman–Crippen LogP) is 5.03. The quantitative estimate of drug-likeness (QED) is 0.229. The lowest BCUT2D eigenvalue weighted by Crippen LogP contribution is -2.34. The molecule has 0 saturated heterocycles. The van der Waals surface area contributed by atoms with E-state index >= 15 is 0 Å². The maximum Gasteiger partial charge on any atom is 0.335 e. The second-order valence-corrected chi connectivity index (χ2v) is 9.91. The fraction of sp³-hybridized carbons (Fsp3) is 0.233. The molecule has 0 aliphatic carbocycles. The van der Waals surface area contributed by atoms with Gasteiger partial charge < -0.3 is 25.2 Å². The molecule has 0 fully saturated rings. The Hall–Kier alpha value is -4.14. The summed E-state index contributed by atoms with van der Waals surface area (Å²) >= 11 is 6.50. The van der Waals surface area contributed by atoms with E-state index in [1.54, 1.807) is 24.7 Å². The third-order valence-corrected chi connectivity index (χ3v) is 7.11. The number of rotatable bonds is 11. The number of anilines is 1. The summed E-state index contributed by atoms with van der Waals surface area (Å²) < 4.78 is 2.04. The summed E-state index contributed by atoms with van der Waals surface area (Å²) in [7, 11) is 0. The zero-order valence-corrected chi connectivity index (χ0v) is 22.2. The van der Waals surface area contributed by atoms with Gasteiger partial charge in [0, 0.05) is 54.4 Å². The van der Waals surface area contributed by atoms with Crippen LogP contribution in [0.3, 0.4) is 0 Å². The number of halogens is 1. The minimum absolute atomic E-state index is 0.0101. The average Bonchev–Trinajstić information content (AvgIpc) is 3.42. The van der Waals surface area contributed by atoms with Crippen LogP contribution < -0.4 is 15.5 Å². The van der Waals surface area contributed by atoms with Crippen LogP contribution in [-0.4, -0.2) is 46.2 Å². The number of aromatic nitrogens is 2. The Morgan fingerprint density at radius 2 is 1.82 bits per heavy atom. The Bertz CT molecular complexity index is 1470. The van der Waals surface area contributed by atoms with Crippen LogP contribution in [0.4, 0.5) is 5.69 Å². The monoisotopic (exact) mass is 543 g/mol. The summed E-state index contributed by atoms with van der Waals surface area (Å²) in [6.07, 6.45) is 4.67. The molecule has 1 amide bonds. The molecule has 0 atom stereocenters. The smallest absolute Gasteiger partial charge is 0.335 e. The summed E-state index contributed by atoms with van der Waals surface area (Å²) in [4.78, 5) is 30.2. The molecule has 9 heteroatoms. The number of aromatic carboxylic acids is 1. The van der Waals surface area contributed by atoms with E-state index in [0.717, 1.165) is 40.1 Å². The van der Waals surface area contributed by atoms with Crippen LogP contribution >= 0.6 is 11.6 Å². The lowest BCUT2D eigenvalue weighted by Gasteiger charge is -2.32. The van der Waals surface area contributed by atoms with E-state index in [1.165, 1.54) is 0 Å². The first kappa shape index (κ1) is 26.5. The van der Waals surface area contributed by atoms with Gasteiger partial charge in [0.25, 0.3) is 0 Å². The van der Waals surface area contributed by atoms with Crippen molar-refractivity contribution in [1.29, 1.82) is 0 Å². The lowest BCUT2D eigenvalue weighted by molar-refractivity contribution is -0.121. The van der Waals surface area contributed by atoms with Crippen LogP contribution in [0.25, 0.3) is 22.4 Å². The van der Waals surface area contributed by atoms with Crippen molar-refractivity contribution in [3.63, 3.8) is 0 Å². The number of fused-ring (bicyclic) bond motifs is 3. The van der Waals surface area contributed by atoms with E-state index in [9.17, 15) is 14.7 Å². The second kappa shape index (κ2) is 12.1. The number of nitrogens with zero attached hydrogens (tertiary/aromatic N) is 3. The van der Waals surface area contributed by atoms with E-state index in [-0.39, 0.29) is 11.5 Å². The molecule has 0 bridgehead atoms. The van der Waals surface area contributed by atoms with Crippen molar-refractivity contribution in [2.24, 2.45) is 0 Å². The highest BCUT2D eigenvalue weighted by molar-refractivity contribution is 6.33. The van der Waals surface area contributed by atoms with E-state index in [0.29, 0.717) is 44.3 Å². The largest absolute Gasteiger partial charge is 0.478 e. The first-order valence-corrected chi connectivity index (χ1v) is 13.3. The summed E-state index contributed by atoms with van der Waals surface area (Å²) in [6, 6.07) is 21.2. The molecule has 4 aromatic rings. The number of hydrogen-bond donors (Lipinski definition) is 3. The highest BCUT2D eigenvalue weighted by Gasteiger charge is 2.23. The average molecular weight is 544 g/mol. The first-order chi connectivity index (χ1) is 19.0. The van der Waals surface area contributed by atoms with Crippen molar-refractivity contribution in [3.8, 4) is 22.4 Å². The standard InChI is InChI=1S/C30H30ClN5O3/c31-26-15-21(7-9-24(26)22-5-2-1-3-6-22)17-32-13-11-29(37)34-12-4-14-35-20-36-19-33-18-28(36)25-10-8-23(30(38)39)16-27(25)35/h1-3,5-10,15-16,18-19,32H,4,11-14,17,20H2,(H,34,37)(H,38,39). The number of carbonyl (C=O) groups excluding carboxylic acids is 1. The molecule has 3 N–H and O–H groups in total. The van der Waals surface area contributed by atoms with Crippen LogP contribution in [0.5, 0.6) is 0 Å². The van der Waals surface area contributed by atoms with E-state index in [4.69, 9.17) is 11.6 Å². The van der Waals surface area contributed by atoms with E-state index < -0.39 is 5.97 Å². The molecule has 0 saturated carbocycles. The molecule has 0 spiro atoms. The third-order valence-electron chi connectivity index (χ3n) is 6.80. The van der Waals surface area contributed by atoms with Gasteiger partial charge in [0.05, 0.1) is 30.5 Å². The van der Waals surface area contributed by atoms with Crippen LogP contribution in [0.15, 0.2) is 79.3 Å². The SMILES string of the molecule is O=C(CCNCc1ccc(-c2ccccc2)c(Cl)c1)NCCCN1Cn2cncc2-c2ccc(C(=O)O)cc21. The lowest BCUT2D eigenvalue weighted by atomic mass is 10.0. The summed E-state index contributed by atoms with van der Waals surface area (Å²) in [5.74, 6) is -0.964. The Balaban J connectivity index is 1.05. The van der Waals surface area contributed by atoms with Gasteiger partial charge in [-0.25, -0.2) is 9.78 Å².